The van der Waals surface area contributed by atoms with Crippen LogP contribution in [-0.4, -0.2) is 295 Å². The number of aliphatic carboxylic acids is 4. The van der Waals surface area contributed by atoms with Gasteiger partial charge >= 0.3 is 49.4 Å². The summed E-state index contributed by atoms with van der Waals surface area (Å²) in [5.41, 5.74) is -19.1. The summed E-state index contributed by atoms with van der Waals surface area (Å²) in [5, 5.41) is 65.2. The fourth-order valence-corrected chi connectivity index (χ4v) is 13.1. The van der Waals surface area contributed by atoms with E-state index in [0.717, 1.165) is 0 Å². The minimum Gasteiger partial charge on any atom is -0.907 e. The van der Waals surface area contributed by atoms with E-state index in [1.807, 2.05) is 0 Å². The maximum atomic E-state index is 12.0. The number of hydrogen-bond acceptors (Lipinski definition) is 11. The largest absolute Gasteiger partial charge is 0.907 e. The molecule has 0 N–H and O–H groups in total. The lowest BCUT2D eigenvalue weighted by molar-refractivity contribution is -0.921. The molecule has 0 aromatic rings. The Morgan fingerprint density at radius 3 is 0.220 bits per heavy atom. The Morgan fingerprint density at radius 1 is 0.171 bits per heavy atom. The van der Waals surface area contributed by atoms with Gasteiger partial charge in [-0.05, 0) is 220 Å². The average molecular weight is 1860 g/mol. The van der Waals surface area contributed by atoms with E-state index in [2.05, 4.69) is 194 Å². The van der Waals surface area contributed by atoms with Gasteiger partial charge in [0.25, 0.3) is 0 Å². The molecule has 0 aromatic carbocycles. The summed E-state index contributed by atoms with van der Waals surface area (Å²) < 4.78 is 296. The normalized spacial score (nSPS) is 12.8. The van der Waals surface area contributed by atoms with Crippen LogP contribution in [0.4, 0.5) is 105 Å². The Balaban J connectivity index is -0.000000110. The SMILES string of the molecule is CCC(C(=O)[O-])(C(F)(F)F)C(F)(F)F.CCC(C(=O)[O-])(C(F)(F)F)C(F)(F)F.CCC(C(=O)[O-])(C(F)(F)F)C(F)(F)F.CCC(C(=O)[O-])(C(F)(F)F)C(F)(F)F.CC[N+](CC)(CC)CC.CC[N+](CC)(CC)CC.CC[N+](CC)(CC)CC.CC[N+](CC)(CC)CC.CC[N+](CC)(CC)CC.CC[N+](CC)(CC)CC.CC[N+](CC)(CC)CC.[O-]B([O-])[O-]. The molecule has 0 unspecified atom stereocenters. The van der Waals surface area contributed by atoms with E-state index in [1.165, 1.54) is 215 Å². The maximum Gasteiger partial charge on any atom is 0.408 e. The van der Waals surface area contributed by atoms with Gasteiger partial charge in [0.2, 0.25) is 0 Å². The molecule has 0 bridgehead atoms. The summed E-state index contributed by atoms with van der Waals surface area (Å²) in [4.78, 5) is 40.0. The second-order valence-corrected chi connectivity index (χ2v) is 28.7. The van der Waals surface area contributed by atoms with Gasteiger partial charge in [-0.15, -0.1) is 0 Å². The van der Waals surface area contributed by atoms with E-state index in [0.29, 0.717) is 27.7 Å². The number of carbonyl (C=O) groups is 4. The Labute approximate surface area is 722 Å². The smallest absolute Gasteiger partial charge is 0.408 e. The number of nitrogens with zero attached hydrogens (tertiary/aromatic N) is 7. The molecule has 18 nitrogen and oxygen atoms in total. The van der Waals surface area contributed by atoms with Crippen LogP contribution in [0.15, 0.2) is 0 Å². The van der Waals surface area contributed by atoms with Crippen molar-refractivity contribution in [1.82, 2.24) is 0 Å². The van der Waals surface area contributed by atoms with E-state index < -0.39 is 128 Å². The lowest BCUT2D eigenvalue weighted by Gasteiger charge is -2.37. The van der Waals surface area contributed by atoms with Gasteiger partial charge in [0.05, 0.1) is 207 Å². The van der Waals surface area contributed by atoms with Crippen LogP contribution in [0.3, 0.4) is 0 Å². The summed E-state index contributed by atoms with van der Waals surface area (Å²) in [6, 6.07) is 0. The van der Waals surface area contributed by atoms with Crippen LogP contribution in [0, 0.1) is 21.7 Å². The number of quaternary nitrogens is 7. The van der Waals surface area contributed by atoms with Crippen LogP contribution < -0.4 is 35.5 Å². The van der Waals surface area contributed by atoms with Crippen molar-refractivity contribution in [1.29, 1.82) is 0 Å². The van der Waals surface area contributed by atoms with Crippen LogP contribution in [0.2, 0.25) is 0 Å². The molecule has 0 spiro atoms. The van der Waals surface area contributed by atoms with Gasteiger partial charge in [-0.1, -0.05) is 27.7 Å². The van der Waals surface area contributed by atoms with Crippen LogP contribution in [0.25, 0.3) is 0 Å². The molecule has 123 heavy (non-hydrogen) atoms. The number of alkyl halides is 24. The molecule has 0 atom stereocenters. The van der Waals surface area contributed by atoms with Gasteiger partial charge in [-0.25, -0.2) is 0 Å². The van der Waals surface area contributed by atoms with Crippen molar-refractivity contribution in [2.45, 2.75) is 297 Å². The van der Waals surface area contributed by atoms with E-state index in [-0.39, 0.29) is 0 Å². The van der Waals surface area contributed by atoms with Gasteiger partial charge in [0, 0.05) is 0 Å². The first kappa shape index (κ1) is 145. The van der Waals surface area contributed by atoms with Gasteiger partial charge < -0.3 is 86.1 Å². The molecule has 0 aliphatic heterocycles. The zero-order valence-corrected chi connectivity index (χ0v) is 79.9. The summed E-state index contributed by atoms with van der Waals surface area (Å²) in [6.07, 6.45) is -53.9. The first-order valence-corrected chi connectivity index (χ1v) is 42.8. The van der Waals surface area contributed by atoms with Gasteiger partial charge in [-0.2, -0.15) is 105 Å². The quantitative estimate of drug-likeness (QED) is 0.0325. The van der Waals surface area contributed by atoms with Crippen molar-refractivity contribution >= 4 is 31.2 Å². The van der Waals surface area contributed by atoms with Crippen LogP contribution in [0.5, 0.6) is 0 Å². The zero-order chi connectivity index (χ0) is 102. The fraction of sp³-hybridized carbons (Fsp3) is 0.950. The third kappa shape index (κ3) is 44.8. The molecular weight excluding hydrogens is 1700 g/mol. The van der Waals surface area contributed by atoms with Crippen molar-refractivity contribution < 1.29 is 191 Å². The van der Waals surface area contributed by atoms with Crippen LogP contribution in [0.1, 0.15) is 247 Å². The molecule has 0 aromatic heterocycles. The number of hydrogen-bond donors (Lipinski definition) is 0. The van der Waals surface area contributed by atoms with Crippen molar-refractivity contribution in [3.63, 3.8) is 0 Å². The molecule has 43 heteroatoms. The molecule has 0 radical (unpaired) electrons. The third-order valence-electron chi connectivity index (χ3n) is 26.2. The molecule has 0 saturated carbocycles. The first-order chi connectivity index (χ1) is 55.4. The summed E-state index contributed by atoms with van der Waals surface area (Å²) >= 11 is 0. The molecule has 0 amide bonds. The maximum absolute atomic E-state index is 12.0. The molecule has 0 heterocycles. The molecule has 0 aliphatic carbocycles. The van der Waals surface area contributed by atoms with E-state index in [1.54, 1.807) is 0 Å². The fourth-order valence-electron chi connectivity index (χ4n) is 13.1. The highest BCUT2D eigenvalue weighted by atomic mass is 19.4. The van der Waals surface area contributed by atoms with Crippen molar-refractivity contribution in [2.24, 2.45) is 21.7 Å². The molecule has 0 rings (SSSR count). The van der Waals surface area contributed by atoms with E-state index >= 15 is 0 Å². The summed E-state index contributed by atoms with van der Waals surface area (Å²) in [6.45, 7) is 101. The predicted octanol–water partition coefficient (Wildman–Crippen LogP) is 14.3. The van der Waals surface area contributed by atoms with Crippen molar-refractivity contribution in [2.75, 3.05) is 183 Å². The number of carboxylic acids is 4. The van der Waals surface area contributed by atoms with Crippen molar-refractivity contribution in [3.05, 3.63) is 0 Å². The molecule has 752 valence electrons. The average Bonchev–Trinajstić information content (AvgIpc) is 0.769. The number of halogens is 24. The molecule has 0 saturated heterocycles. The van der Waals surface area contributed by atoms with Crippen LogP contribution >= 0.6 is 0 Å². The number of carbonyl (C=O) groups excluding carboxylic acids is 4. The summed E-state index contributed by atoms with van der Waals surface area (Å²) in [7, 11) is -2.92. The third-order valence-corrected chi connectivity index (χ3v) is 26.2. The molecule has 0 fully saturated rings. The van der Waals surface area contributed by atoms with Gasteiger partial charge in [0.15, 0.2) is 21.7 Å². The number of rotatable bonds is 36. The van der Waals surface area contributed by atoms with Gasteiger partial charge in [-0.3, -0.25) is 7.32 Å². The topological polar surface area (TPSA) is 230 Å². The standard InChI is InChI=1S/7C8H20N.4C6H6F6O2.BO3/c7*1-5-9(6-2,7-3)8-4;4*1-2-4(3(13)14,5(7,8)9)6(10,11)12;2-1(3)4/h7*5-8H2,1-4H3;4*2H2,1H3,(H,13,14);/q7*+1;;;;;-3/p-4. The molecule has 0 aliphatic rings. The zero-order valence-electron chi connectivity index (χ0n) is 79.9. The van der Waals surface area contributed by atoms with E-state index in [4.69, 9.17) is 15.1 Å². The lowest BCUT2D eigenvalue weighted by atomic mass is 9.83. The highest BCUT2D eigenvalue weighted by Gasteiger charge is 2.74. The predicted molar refractivity (Wildman–Crippen MR) is 422 cm³/mol. The van der Waals surface area contributed by atoms with E-state index in [9.17, 15) is 145 Å². The second kappa shape index (κ2) is 65.4. The van der Waals surface area contributed by atoms with Crippen LogP contribution in [-0.2, 0) is 19.2 Å². The number of carboxylic acid groups (broad SMARTS) is 4. The lowest BCUT2D eigenvalue weighted by Crippen LogP contribution is -2.60. The second-order valence-electron chi connectivity index (χ2n) is 28.7. The Kier molecular flexibility index (Phi) is 76.9. The Morgan fingerprint density at radius 2 is 0.220 bits per heavy atom. The Hall–Kier alpha value is -4.14. The minimum absolute atomic E-state index is 0.483. The summed E-state index contributed by atoms with van der Waals surface area (Å²) in [5.74, 6) is -12.7. The Bertz CT molecular complexity index is 2030. The van der Waals surface area contributed by atoms with Crippen molar-refractivity contribution in [3.8, 4) is 0 Å². The first-order valence-electron chi connectivity index (χ1n) is 42.8. The minimum atomic E-state index is -5.92. The van der Waals surface area contributed by atoms with Gasteiger partial charge in [0.1, 0.15) is 0 Å². The highest BCUT2D eigenvalue weighted by molar-refractivity contribution is 6.24. The molecular formula is C80H160BF24N7O11. The monoisotopic (exact) mass is 1860 g/mol. The highest BCUT2D eigenvalue weighted by Crippen LogP contribution is 2.55.